The smallest absolute Gasteiger partial charge is 0.191 e. The van der Waals surface area contributed by atoms with Gasteiger partial charge in [-0.2, -0.15) is 5.10 Å². The van der Waals surface area contributed by atoms with E-state index in [0.29, 0.717) is 13.2 Å². The highest BCUT2D eigenvalue weighted by Gasteiger charge is 2.45. The van der Waals surface area contributed by atoms with Gasteiger partial charge in [-0.1, -0.05) is 34.1 Å². The quantitative estimate of drug-likeness (QED) is 0.481. The maximum absolute atomic E-state index is 5.17. The summed E-state index contributed by atoms with van der Waals surface area (Å²) in [7, 11) is 3.53. The molecule has 1 aliphatic rings. The molecule has 1 aliphatic carbocycles. The minimum Gasteiger partial charge on any atom is -0.383 e. The average Bonchev–Trinajstić information content (AvgIpc) is 3.43. The number of benzene rings is 1. The normalized spacial score (nSPS) is 15.5. The summed E-state index contributed by atoms with van der Waals surface area (Å²) in [6.45, 7) is 7.16. The number of methoxy groups -OCH3 is 1. The third-order valence-corrected chi connectivity index (χ3v) is 6.28. The van der Waals surface area contributed by atoms with Crippen molar-refractivity contribution in [2.75, 3.05) is 27.3 Å². The summed E-state index contributed by atoms with van der Waals surface area (Å²) in [5, 5.41) is 11.6. The van der Waals surface area contributed by atoms with Crippen LogP contribution in [0, 0.1) is 13.8 Å². The minimum absolute atomic E-state index is 0.203. The van der Waals surface area contributed by atoms with Crippen LogP contribution in [0.3, 0.4) is 0 Å². The largest absolute Gasteiger partial charge is 0.383 e. The van der Waals surface area contributed by atoms with E-state index in [9.17, 15) is 0 Å². The predicted octanol–water partition coefficient (Wildman–Crippen LogP) is 3.31. The molecule has 0 amide bonds. The number of hydrogen-bond donors (Lipinski definition) is 2. The first-order chi connectivity index (χ1) is 13.5. The van der Waals surface area contributed by atoms with Gasteiger partial charge in [0.05, 0.1) is 18.8 Å². The van der Waals surface area contributed by atoms with Crippen LogP contribution < -0.4 is 10.6 Å². The maximum atomic E-state index is 5.17. The van der Waals surface area contributed by atoms with Crippen LogP contribution in [0.15, 0.2) is 33.7 Å². The molecule has 0 bridgehead atoms. The predicted molar refractivity (Wildman–Crippen MR) is 117 cm³/mol. The molecule has 0 unspecified atom stereocenters. The van der Waals surface area contributed by atoms with E-state index in [2.05, 4.69) is 74.8 Å². The van der Waals surface area contributed by atoms with Gasteiger partial charge in [-0.25, -0.2) is 0 Å². The van der Waals surface area contributed by atoms with Crippen LogP contribution >= 0.6 is 15.9 Å². The molecule has 0 radical (unpaired) electrons. The lowest BCUT2D eigenvalue weighted by Crippen LogP contribution is -2.41. The van der Waals surface area contributed by atoms with Crippen LogP contribution in [-0.2, 0) is 23.2 Å². The first kappa shape index (κ1) is 20.9. The van der Waals surface area contributed by atoms with E-state index in [1.54, 1.807) is 7.11 Å². The zero-order valence-corrected chi connectivity index (χ0v) is 18.8. The number of aliphatic imine (C=N–C) groups is 1. The van der Waals surface area contributed by atoms with Gasteiger partial charge < -0.3 is 15.4 Å². The lowest BCUT2D eigenvalue weighted by molar-refractivity contribution is 0.182. The first-order valence-electron chi connectivity index (χ1n) is 9.72. The molecule has 0 spiro atoms. The zero-order valence-electron chi connectivity index (χ0n) is 17.2. The highest BCUT2D eigenvalue weighted by atomic mass is 79.9. The maximum Gasteiger partial charge on any atom is 0.191 e. The summed E-state index contributed by atoms with van der Waals surface area (Å²) >= 11 is 3.70. The molecule has 1 fully saturated rings. The Labute approximate surface area is 175 Å². The number of rotatable bonds is 8. The molecule has 2 aromatic rings. The molecule has 1 aromatic heterocycles. The van der Waals surface area contributed by atoms with Crippen molar-refractivity contribution in [1.29, 1.82) is 0 Å². The van der Waals surface area contributed by atoms with Gasteiger partial charge in [-0.3, -0.25) is 9.67 Å². The van der Waals surface area contributed by atoms with E-state index in [1.807, 2.05) is 11.7 Å². The highest BCUT2D eigenvalue weighted by Crippen LogP contribution is 2.49. The van der Waals surface area contributed by atoms with Crippen LogP contribution in [0.1, 0.15) is 35.4 Å². The summed E-state index contributed by atoms with van der Waals surface area (Å²) < 4.78 is 8.37. The summed E-state index contributed by atoms with van der Waals surface area (Å²) in [6.07, 6.45) is 2.40. The first-order valence-corrected chi connectivity index (χ1v) is 10.5. The van der Waals surface area contributed by atoms with Gasteiger partial charge in [-0.05, 0) is 38.3 Å². The van der Waals surface area contributed by atoms with Crippen LogP contribution in [0.25, 0.3) is 0 Å². The molecule has 1 aromatic carbocycles. The van der Waals surface area contributed by atoms with Crippen molar-refractivity contribution in [3.05, 3.63) is 51.3 Å². The number of hydrogen-bond acceptors (Lipinski definition) is 3. The fraction of sp³-hybridized carbons (Fsp3) is 0.524. The Morgan fingerprint density at radius 1 is 1.29 bits per heavy atom. The van der Waals surface area contributed by atoms with Crippen molar-refractivity contribution in [1.82, 2.24) is 20.4 Å². The molecule has 7 heteroatoms. The molecular weight excluding hydrogens is 418 g/mol. The van der Waals surface area contributed by atoms with Crippen LogP contribution in [-0.4, -0.2) is 43.0 Å². The Hall–Kier alpha value is -1.86. The van der Waals surface area contributed by atoms with Gasteiger partial charge in [0.25, 0.3) is 0 Å². The summed E-state index contributed by atoms with van der Waals surface area (Å²) in [5.74, 6) is 0.821. The third-order valence-electron chi connectivity index (χ3n) is 5.59. The molecule has 6 nitrogen and oxygen atoms in total. The Morgan fingerprint density at radius 2 is 2.04 bits per heavy atom. The van der Waals surface area contributed by atoms with Crippen LogP contribution in [0.2, 0.25) is 0 Å². The Kier molecular flexibility index (Phi) is 6.78. The van der Waals surface area contributed by atoms with Crippen LogP contribution in [0.4, 0.5) is 0 Å². The van der Waals surface area contributed by atoms with E-state index in [-0.39, 0.29) is 5.41 Å². The fourth-order valence-corrected chi connectivity index (χ4v) is 4.32. The molecule has 0 aliphatic heterocycles. The molecule has 28 heavy (non-hydrogen) atoms. The number of nitrogens with one attached hydrogen (secondary N) is 2. The number of ether oxygens (including phenoxy) is 1. The van der Waals surface area contributed by atoms with Gasteiger partial charge >= 0.3 is 0 Å². The van der Waals surface area contributed by atoms with Gasteiger partial charge in [0.1, 0.15) is 0 Å². The summed E-state index contributed by atoms with van der Waals surface area (Å²) in [6, 6.07) is 8.51. The van der Waals surface area contributed by atoms with Crippen molar-refractivity contribution in [3.8, 4) is 0 Å². The molecule has 1 heterocycles. The van der Waals surface area contributed by atoms with Gasteiger partial charge in [0.2, 0.25) is 0 Å². The number of aryl methyl sites for hydroxylation is 1. The Bertz CT molecular complexity index is 841. The molecule has 0 atom stereocenters. The fourth-order valence-electron chi connectivity index (χ4n) is 3.61. The molecule has 0 saturated heterocycles. The SMILES string of the molecule is CN=C(NCc1c(C)nn(CCOC)c1C)NCC1(c2ccccc2Br)CC1. The summed E-state index contributed by atoms with van der Waals surface area (Å²) in [5.41, 5.74) is 5.01. The van der Waals surface area contributed by atoms with Crippen molar-refractivity contribution >= 4 is 21.9 Å². The van der Waals surface area contributed by atoms with Crippen LogP contribution in [0.5, 0.6) is 0 Å². The number of nitrogens with zero attached hydrogens (tertiary/aromatic N) is 3. The van der Waals surface area contributed by atoms with E-state index in [4.69, 9.17) is 4.74 Å². The van der Waals surface area contributed by atoms with E-state index in [0.717, 1.165) is 24.7 Å². The van der Waals surface area contributed by atoms with E-state index >= 15 is 0 Å². The number of halogens is 1. The standard InChI is InChI=1S/C21H30BrN5O/c1-15-17(16(2)27(26-15)11-12-28-4)13-24-20(23-3)25-14-21(9-10-21)18-7-5-6-8-19(18)22/h5-8H,9-14H2,1-4H3,(H2,23,24,25). The Balaban J connectivity index is 1.59. The second kappa shape index (κ2) is 9.09. The summed E-state index contributed by atoms with van der Waals surface area (Å²) in [4.78, 5) is 4.40. The van der Waals surface area contributed by atoms with E-state index in [1.165, 1.54) is 34.1 Å². The third kappa shape index (κ3) is 4.58. The highest BCUT2D eigenvalue weighted by molar-refractivity contribution is 9.10. The monoisotopic (exact) mass is 447 g/mol. The number of aromatic nitrogens is 2. The van der Waals surface area contributed by atoms with Crippen molar-refractivity contribution in [2.24, 2.45) is 4.99 Å². The average molecular weight is 448 g/mol. The Morgan fingerprint density at radius 3 is 2.68 bits per heavy atom. The van der Waals surface area contributed by atoms with Gasteiger partial charge in [-0.15, -0.1) is 0 Å². The topological polar surface area (TPSA) is 63.5 Å². The van der Waals surface area contributed by atoms with Crippen molar-refractivity contribution < 1.29 is 4.74 Å². The van der Waals surface area contributed by atoms with Crippen molar-refractivity contribution in [3.63, 3.8) is 0 Å². The second-order valence-corrected chi connectivity index (χ2v) is 8.26. The van der Waals surface area contributed by atoms with Gasteiger partial charge in [0.15, 0.2) is 5.96 Å². The molecular formula is C21H30BrN5O. The van der Waals surface area contributed by atoms with Crippen molar-refractivity contribution in [2.45, 2.75) is 45.2 Å². The lowest BCUT2D eigenvalue weighted by atomic mass is 9.96. The zero-order chi connectivity index (χ0) is 20.1. The molecule has 1 saturated carbocycles. The van der Waals surface area contributed by atoms with E-state index < -0.39 is 0 Å². The minimum atomic E-state index is 0.203. The molecule has 152 valence electrons. The second-order valence-electron chi connectivity index (χ2n) is 7.40. The number of guanidine groups is 1. The molecule has 3 rings (SSSR count). The molecule has 2 N–H and O–H groups in total. The lowest BCUT2D eigenvalue weighted by Gasteiger charge is -2.20. The van der Waals surface area contributed by atoms with Gasteiger partial charge in [0, 0.05) is 48.4 Å².